The number of rotatable bonds is 3. The number of hydrogen-bond donors (Lipinski definition) is 1. The molecule has 1 aromatic rings. The zero-order valence-electron chi connectivity index (χ0n) is 10.2. The van der Waals surface area contributed by atoms with Gasteiger partial charge in [-0.15, -0.1) is 0 Å². The lowest BCUT2D eigenvalue weighted by molar-refractivity contribution is 0.0918. The summed E-state index contributed by atoms with van der Waals surface area (Å²) in [7, 11) is 0. The zero-order valence-corrected chi connectivity index (χ0v) is 10.9. The molecule has 2 rings (SSSR count). The van der Waals surface area contributed by atoms with Gasteiger partial charge in [0.15, 0.2) is 0 Å². The number of aryl methyl sites for hydroxylation is 1. The smallest absolute Gasteiger partial charge is 0.0708 e. The second-order valence-electron chi connectivity index (χ2n) is 4.70. The van der Waals surface area contributed by atoms with Crippen LogP contribution in [-0.2, 0) is 4.84 Å². The lowest BCUT2D eigenvalue weighted by Gasteiger charge is -2.33. The largest absolute Gasteiger partial charge is 0.371 e. The first-order valence-corrected chi connectivity index (χ1v) is 6.41. The van der Waals surface area contributed by atoms with Crippen molar-refractivity contribution in [1.29, 1.82) is 0 Å². The van der Waals surface area contributed by atoms with Crippen molar-refractivity contribution in [2.45, 2.75) is 19.8 Å². The molecular formula is C13H19ClN2O. The highest BCUT2D eigenvalue weighted by Crippen LogP contribution is 2.27. The predicted octanol–water partition coefficient (Wildman–Crippen LogP) is 2.76. The predicted molar refractivity (Wildman–Crippen MR) is 71.3 cm³/mol. The second kappa shape index (κ2) is 5.71. The monoisotopic (exact) mass is 254 g/mol. The van der Waals surface area contributed by atoms with Crippen LogP contribution in [0.1, 0.15) is 18.4 Å². The Morgan fingerprint density at radius 1 is 1.41 bits per heavy atom. The fourth-order valence-electron chi connectivity index (χ4n) is 2.27. The van der Waals surface area contributed by atoms with Crippen LogP contribution in [0.2, 0.25) is 5.02 Å². The topological polar surface area (TPSA) is 38.5 Å². The average molecular weight is 255 g/mol. The van der Waals surface area contributed by atoms with Gasteiger partial charge in [0.05, 0.1) is 6.61 Å². The molecule has 17 heavy (non-hydrogen) atoms. The van der Waals surface area contributed by atoms with Crippen molar-refractivity contribution in [2.75, 3.05) is 24.6 Å². The van der Waals surface area contributed by atoms with Gasteiger partial charge in [-0.2, -0.15) is 0 Å². The number of hydrogen-bond acceptors (Lipinski definition) is 3. The summed E-state index contributed by atoms with van der Waals surface area (Å²) < 4.78 is 0. The second-order valence-corrected chi connectivity index (χ2v) is 5.10. The van der Waals surface area contributed by atoms with E-state index in [4.69, 9.17) is 22.3 Å². The molecule has 1 heterocycles. The first-order valence-electron chi connectivity index (χ1n) is 6.03. The zero-order chi connectivity index (χ0) is 12.3. The summed E-state index contributed by atoms with van der Waals surface area (Å²) in [4.78, 5) is 7.09. The number of anilines is 1. The normalized spacial score (nSPS) is 17.5. The van der Waals surface area contributed by atoms with Gasteiger partial charge >= 0.3 is 0 Å². The Bertz CT molecular complexity index is 376. The Morgan fingerprint density at radius 3 is 2.71 bits per heavy atom. The molecule has 0 aliphatic carbocycles. The highest BCUT2D eigenvalue weighted by molar-refractivity contribution is 6.31. The van der Waals surface area contributed by atoms with Gasteiger partial charge in [-0.3, -0.25) is 0 Å². The van der Waals surface area contributed by atoms with E-state index in [-0.39, 0.29) is 0 Å². The van der Waals surface area contributed by atoms with Crippen molar-refractivity contribution in [3.05, 3.63) is 28.8 Å². The molecule has 0 atom stereocenters. The number of piperidine rings is 1. The summed E-state index contributed by atoms with van der Waals surface area (Å²) in [5.74, 6) is 5.71. The van der Waals surface area contributed by atoms with Crippen LogP contribution >= 0.6 is 11.6 Å². The molecule has 1 saturated heterocycles. The fourth-order valence-corrected chi connectivity index (χ4v) is 2.45. The standard InChI is InChI=1S/C13H19ClN2O/c1-10-2-3-12(8-13(10)14)16-6-4-11(5-7-16)9-17-15/h2-3,8,11H,4-7,9,15H2,1H3. The Balaban J connectivity index is 1.98. The van der Waals surface area contributed by atoms with Crippen molar-refractivity contribution in [2.24, 2.45) is 11.8 Å². The van der Waals surface area contributed by atoms with Crippen LogP contribution in [0.15, 0.2) is 18.2 Å². The summed E-state index contributed by atoms with van der Waals surface area (Å²) in [5.41, 5.74) is 2.34. The minimum atomic E-state index is 0.595. The van der Waals surface area contributed by atoms with E-state index in [1.54, 1.807) is 0 Å². The van der Waals surface area contributed by atoms with Crippen molar-refractivity contribution in [3.63, 3.8) is 0 Å². The van der Waals surface area contributed by atoms with Gasteiger partial charge < -0.3 is 9.74 Å². The van der Waals surface area contributed by atoms with E-state index in [0.29, 0.717) is 12.5 Å². The summed E-state index contributed by atoms with van der Waals surface area (Å²) >= 11 is 6.15. The van der Waals surface area contributed by atoms with E-state index in [9.17, 15) is 0 Å². The highest BCUT2D eigenvalue weighted by Gasteiger charge is 2.19. The van der Waals surface area contributed by atoms with E-state index in [0.717, 1.165) is 36.5 Å². The molecule has 0 unspecified atom stereocenters. The molecule has 0 aromatic heterocycles. The lowest BCUT2D eigenvalue weighted by Crippen LogP contribution is -2.35. The van der Waals surface area contributed by atoms with E-state index in [1.165, 1.54) is 5.69 Å². The van der Waals surface area contributed by atoms with Gasteiger partial charge in [-0.25, -0.2) is 5.90 Å². The minimum absolute atomic E-state index is 0.595. The summed E-state index contributed by atoms with van der Waals surface area (Å²) in [6.07, 6.45) is 2.26. The highest BCUT2D eigenvalue weighted by atomic mass is 35.5. The quantitative estimate of drug-likeness (QED) is 0.843. The number of halogens is 1. The number of nitrogens with two attached hydrogens (primary N) is 1. The van der Waals surface area contributed by atoms with Crippen molar-refractivity contribution >= 4 is 17.3 Å². The average Bonchev–Trinajstić information content (AvgIpc) is 2.34. The molecule has 1 aliphatic rings. The molecule has 0 spiro atoms. The Labute approximate surface area is 107 Å². The molecule has 94 valence electrons. The van der Waals surface area contributed by atoms with Crippen LogP contribution in [0, 0.1) is 12.8 Å². The molecule has 2 N–H and O–H groups in total. The van der Waals surface area contributed by atoms with E-state index in [2.05, 4.69) is 23.1 Å². The molecule has 0 amide bonds. The first-order chi connectivity index (χ1) is 8.20. The maximum absolute atomic E-state index is 6.15. The minimum Gasteiger partial charge on any atom is -0.371 e. The van der Waals surface area contributed by atoms with Crippen LogP contribution in [0.3, 0.4) is 0 Å². The van der Waals surface area contributed by atoms with Gasteiger partial charge in [-0.1, -0.05) is 17.7 Å². The van der Waals surface area contributed by atoms with Gasteiger partial charge in [-0.05, 0) is 43.4 Å². The van der Waals surface area contributed by atoms with Gasteiger partial charge in [0.25, 0.3) is 0 Å². The molecule has 0 saturated carbocycles. The third kappa shape index (κ3) is 3.12. The number of benzene rings is 1. The van der Waals surface area contributed by atoms with Crippen molar-refractivity contribution < 1.29 is 4.84 Å². The van der Waals surface area contributed by atoms with Crippen molar-refractivity contribution in [1.82, 2.24) is 0 Å². The lowest BCUT2D eigenvalue weighted by atomic mass is 9.97. The van der Waals surface area contributed by atoms with E-state index < -0.39 is 0 Å². The van der Waals surface area contributed by atoms with Gasteiger partial charge in [0, 0.05) is 23.8 Å². The first kappa shape index (κ1) is 12.7. The van der Waals surface area contributed by atoms with Crippen LogP contribution in [0.4, 0.5) is 5.69 Å². The summed E-state index contributed by atoms with van der Waals surface area (Å²) in [5, 5.41) is 0.843. The van der Waals surface area contributed by atoms with Crippen LogP contribution < -0.4 is 10.8 Å². The molecule has 4 heteroatoms. The molecule has 3 nitrogen and oxygen atoms in total. The maximum Gasteiger partial charge on any atom is 0.0708 e. The number of nitrogens with zero attached hydrogens (tertiary/aromatic N) is 1. The maximum atomic E-state index is 6.15. The Kier molecular flexibility index (Phi) is 4.26. The van der Waals surface area contributed by atoms with E-state index in [1.807, 2.05) is 6.92 Å². The molecule has 0 bridgehead atoms. The van der Waals surface area contributed by atoms with Gasteiger partial charge in [0.1, 0.15) is 0 Å². The molecular weight excluding hydrogens is 236 g/mol. The SMILES string of the molecule is Cc1ccc(N2CCC(CON)CC2)cc1Cl. The fraction of sp³-hybridized carbons (Fsp3) is 0.538. The van der Waals surface area contributed by atoms with Gasteiger partial charge in [0.2, 0.25) is 0 Å². The third-order valence-corrected chi connectivity index (χ3v) is 3.87. The molecule has 0 radical (unpaired) electrons. The van der Waals surface area contributed by atoms with Crippen LogP contribution in [0.5, 0.6) is 0 Å². The Hall–Kier alpha value is -0.770. The van der Waals surface area contributed by atoms with Crippen molar-refractivity contribution in [3.8, 4) is 0 Å². The summed E-state index contributed by atoms with van der Waals surface area (Å²) in [6, 6.07) is 6.27. The Morgan fingerprint density at radius 2 is 2.12 bits per heavy atom. The summed E-state index contributed by atoms with van der Waals surface area (Å²) in [6.45, 7) is 4.79. The van der Waals surface area contributed by atoms with Crippen LogP contribution in [0.25, 0.3) is 0 Å². The molecule has 1 aliphatic heterocycles. The molecule has 1 aromatic carbocycles. The third-order valence-electron chi connectivity index (χ3n) is 3.47. The van der Waals surface area contributed by atoms with Crippen LogP contribution in [-0.4, -0.2) is 19.7 Å². The molecule has 1 fully saturated rings. The van der Waals surface area contributed by atoms with E-state index >= 15 is 0 Å².